The Morgan fingerprint density at radius 3 is 2.23 bits per heavy atom. The van der Waals surface area contributed by atoms with Crippen LogP contribution in [0.1, 0.15) is 57.6 Å². The van der Waals surface area contributed by atoms with Gasteiger partial charge in [0, 0.05) is 24.7 Å². The fourth-order valence-corrected chi connectivity index (χ4v) is 4.12. The third-order valence-electron chi connectivity index (χ3n) is 6.70. The van der Waals surface area contributed by atoms with E-state index >= 15 is 0 Å². The highest BCUT2D eigenvalue weighted by atomic mass is 16.4. The Kier molecular flexibility index (Phi) is 10.5. The van der Waals surface area contributed by atoms with Crippen molar-refractivity contribution in [2.45, 2.75) is 82.8 Å². The molecular weight excluding hydrogens is 506 g/mol. The average Bonchev–Trinajstić information content (AvgIpc) is 3.36. The molecule has 3 unspecified atom stereocenters. The van der Waals surface area contributed by atoms with Crippen LogP contribution in [0.3, 0.4) is 0 Å². The van der Waals surface area contributed by atoms with Crippen LogP contribution in [0.15, 0.2) is 36.7 Å². The van der Waals surface area contributed by atoms with Crippen molar-refractivity contribution in [3.05, 3.63) is 42.2 Å². The Labute approximate surface area is 226 Å². The zero-order valence-electron chi connectivity index (χ0n) is 22.1. The number of hydrogen-bond acceptors (Lipinski definition) is 10. The number of rotatable bonds is 10. The fraction of sp³-hybridized carbons (Fsp3) is 0.500. The van der Waals surface area contributed by atoms with E-state index in [4.69, 9.17) is 36.1 Å². The molecule has 0 spiro atoms. The lowest BCUT2D eigenvalue weighted by Crippen LogP contribution is -2.39. The number of aromatic nitrogens is 4. The van der Waals surface area contributed by atoms with E-state index in [9.17, 15) is 9.59 Å². The number of hydrogen-bond donors (Lipinski definition) is 7. The summed E-state index contributed by atoms with van der Waals surface area (Å²) in [6.45, 7) is 5.06. The van der Waals surface area contributed by atoms with Crippen LogP contribution in [-0.4, -0.2) is 76.2 Å². The van der Waals surface area contributed by atoms with Gasteiger partial charge in [0.25, 0.3) is 0 Å². The lowest BCUT2D eigenvalue weighted by Gasteiger charge is -2.27. The molecule has 39 heavy (non-hydrogen) atoms. The molecule has 212 valence electrons. The van der Waals surface area contributed by atoms with E-state index in [-0.39, 0.29) is 0 Å². The van der Waals surface area contributed by atoms with Gasteiger partial charge in [0.2, 0.25) is 5.95 Å². The number of aliphatic hydroxyl groups is 2. The highest BCUT2D eigenvalue weighted by Crippen LogP contribution is 2.26. The van der Waals surface area contributed by atoms with E-state index in [1.165, 1.54) is 5.56 Å². The fourth-order valence-electron chi connectivity index (χ4n) is 4.12. The SMILES string of the molecule is CCC(C)n1cnc2c(NCc3ccccc3)nc(N[C@H]3CC[C@H](N)CC3)nc21.O=C(O)C(O)C(O)C(=O)O. The lowest BCUT2D eigenvalue weighted by molar-refractivity contribution is -0.165. The summed E-state index contributed by atoms with van der Waals surface area (Å²) >= 11 is 0. The zero-order valence-corrected chi connectivity index (χ0v) is 22.1. The largest absolute Gasteiger partial charge is 0.479 e. The summed E-state index contributed by atoms with van der Waals surface area (Å²) in [5.41, 5.74) is 8.95. The average molecular weight is 544 g/mol. The molecule has 1 aromatic carbocycles. The zero-order chi connectivity index (χ0) is 28.5. The number of carboxylic acids is 2. The molecule has 4 rings (SSSR count). The molecule has 13 nitrogen and oxygen atoms in total. The maximum absolute atomic E-state index is 9.77. The molecule has 2 aromatic heterocycles. The topological polar surface area (TPSA) is 209 Å². The van der Waals surface area contributed by atoms with E-state index in [0.29, 0.717) is 30.6 Å². The van der Waals surface area contributed by atoms with Crippen molar-refractivity contribution < 1.29 is 30.0 Å². The van der Waals surface area contributed by atoms with E-state index in [2.05, 4.69) is 46.2 Å². The van der Waals surface area contributed by atoms with Crippen molar-refractivity contribution in [1.82, 2.24) is 19.5 Å². The first-order valence-corrected chi connectivity index (χ1v) is 13.0. The molecule has 0 amide bonds. The molecule has 1 fully saturated rings. The molecule has 13 heteroatoms. The summed E-state index contributed by atoms with van der Waals surface area (Å²) in [5, 5.41) is 39.5. The summed E-state index contributed by atoms with van der Waals surface area (Å²) < 4.78 is 2.15. The smallest absolute Gasteiger partial charge is 0.335 e. The Morgan fingerprint density at radius 2 is 1.67 bits per heavy atom. The van der Waals surface area contributed by atoms with Crippen LogP contribution in [0, 0.1) is 0 Å². The van der Waals surface area contributed by atoms with Crippen molar-refractivity contribution in [2.75, 3.05) is 10.6 Å². The number of carboxylic acid groups (broad SMARTS) is 2. The Bertz CT molecular complexity index is 1210. The number of nitrogens with zero attached hydrogens (tertiary/aromatic N) is 4. The molecule has 3 aromatic rings. The van der Waals surface area contributed by atoms with Crippen molar-refractivity contribution in [3.63, 3.8) is 0 Å². The van der Waals surface area contributed by atoms with Crippen molar-refractivity contribution in [2.24, 2.45) is 5.73 Å². The second kappa shape index (κ2) is 13.8. The lowest BCUT2D eigenvalue weighted by atomic mass is 9.92. The molecule has 3 atom stereocenters. The van der Waals surface area contributed by atoms with Crippen LogP contribution in [0.4, 0.5) is 11.8 Å². The first-order valence-electron chi connectivity index (χ1n) is 13.0. The number of aliphatic carboxylic acids is 2. The molecule has 8 N–H and O–H groups in total. The number of anilines is 2. The van der Waals surface area contributed by atoms with E-state index in [1.807, 2.05) is 24.5 Å². The van der Waals surface area contributed by atoms with Gasteiger partial charge in [-0.1, -0.05) is 37.3 Å². The minimum absolute atomic E-state index is 0.325. The Morgan fingerprint density at radius 1 is 1.05 bits per heavy atom. The molecule has 0 saturated heterocycles. The van der Waals surface area contributed by atoms with Gasteiger partial charge in [0.15, 0.2) is 29.2 Å². The van der Waals surface area contributed by atoms with Gasteiger partial charge in [0.1, 0.15) is 0 Å². The second-order valence-electron chi connectivity index (χ2n) is 9.64. The summed E-state index contributed by atoms with van der Waals surface area (Å²) in [6.07, 6.45) is 2.57. The summed E-state index contributed by atoms with van der Waals surface area (Å²) in [4.78, 5) is 33.8. The monoisotopic (exact) mass is 543 g/mol. The molecule has 0 aliphatic heterocycles. The maximum atomic E-state index is 9.77. The normalized spacial score (nSPS) is 19.3. The van der Waals surface area contributed by atoms with Crippen molar-refractivity contribution in [1.29, 1.82) is 0 Å². The van der Waals surface area contributed by atoms with Gasteiger partial charge in [-0.15, -0.1) is 0 Å². The maximum Gasteiger partial charge on any atom is 0.335 e. The van der Waals surface area contributed by atoms with Gasteiger partial charge < -0.3 is 41.4 Å². The van der Waals surface area contributed by atoms with Gasteiger partial charge in [-0.3, -0.25) is 0 Å². The van der Waals surface area contributed by atoms with Crippen LogP contribution in [-0.2, 0) is 16.1 Å². The molecule has 0 bridgehead atoms. The standard InChI is InChI=1S/C22H31N7.C4H6O6/c1-3-15(2)29-14-25-19-20(24-13-16-7-5-4-6-8-16)27-22(28-21(19)29)26-18-11-9-17(23)10-12-18;5-1(3(7)8)2(6)4(9)10/h4-8,14-15,17-18H,3,9-13,23H2,1-2H3,(H2,24,26,27,28);1-2,5-6H,(H,7,8)(H,9,10)/t15?,17-,18-;. The van der Waals surface area contributed by atoms with E-state index in [1.54, 1.807) is 0 Å². The number of aliphatic hydroxyl groups excluding tert-OH is 2. The third kappa shape index (κ3) is 8.09. The second-order valence-corrected chi connectivity index (χ2v) is 9.64. The van der Waals surface area contributed by atoms with Crippen molar-refractivity contribution in [3.8, 4) is 0 Å². The summed E-state index contributed by atoms with van der Waals surface area (Å²) in [5.74, 6) is -2.10. The minimum atomic E-state index is -2.27. The van der Waals surface area contributed by atoms with Gasteiger partial charge >= 0.3 is 11.9 Å². The van der Waals surface area contributed by atoms with Gasteiger partial charge in [0.05, 0.1) is 6.33 Å². The first kappa shape index (κ1) is 29.7. The minimum Gasteiger partial charge on any atom is -0.479 e. The number of fused-ring (bicyclic) bond motifs is 1. The number of imidazole rings is 1. The third-order valence-corrected chi connectivity index (χ3v) is 6.70. The Hall–Kier alpha value is -3.81. The molecule has 0 radical (unpaired) electrons. The first-order chi connectivity index (χ1) is 18.6. The summed E-state index contributed by atoms with van der Waals surface area (Å²) in [6, 6.07) is 11.4. The number of carbonyl (C=O) groups is 2. The number of benzene rings is 1. The highest BCUT2D eigenvalue weighted by molar-refractivity contribution is 5.84. The quantitative estimate of drug-likeness (QED) is 0.196. The molecular formula is C26H37N7O6. The molecule has 1 aliphatic carbocycles. The van der Waals surface area contributed by atoms with Gasteiger partial charge in [-0.2, -0.15) is 9.97 Å². The summed E-state index contributed by atoms with van der Waals surface area (Å²) in [7, 11) is 0. The predicted molar refractivity (Wildman–Crippen MR) is 145 cm³/mol. The predicted octanol–water partition coefficient (Wildman–Crippen LogP) is 1.97. The van der Waals surface area contributed by atoms with Crippen LogP contribution in [0.5, 0.6) is 0 Å². The van der Waals surface area contributed by atoms with Crippen LogP contribution in [0.25, 0.3) is 11.2 Å². The number of nitrogens with one attached hydrogen (secondary N) is 2. The molecule has 1 saturated carbocycles. The Balaban J connectivity index is 0.000000360. The van der Waals surface area contributed by atoms with Gasteiger partial charge in [-0.05, 0) is 44.6 Å². The van der Waals surface area contributed by atoms with Crippen molar-refractivity contribution >= 4 is 34.9 Å². The van der Waals surface area contributed by atoms with Gasteiger partial charge in [-0.25, -0.2) is 14.6 Å². The van der Waals surface area contributed by atoms with E-state index in [0.717, 1.165) is 49.1 Å². The van der Waals surface area contributed by atoms with Crippen LogP contribution >= 0.6 is 0 Å². The molecule has 1 aliphatic rings. The molecule has 2 heterocycles. The van der Waals surface area contributed by atoms with Crippen LogP contribution in [0.2, 0.25) is 0 Å². The van der Waals surface area contributed by atoms with E-state index < -0.39 is 24.1 Å². The number of nitrogens with two attached hydrogens (primary N) is 1. The van der Waals surface area contributed by atoms with Crippen LogP contribution < -0.4 is 16.4 Å². The highest BCUT2D eigenvalue weighted by Gasteiger charge is 2.29.